The maximum Gasteiger partial charge on any atom is 0.329 e. The average molecular weight is 325 g/mol. The minimum Gasteiger partial charge on any atom is -0.331 e. The van der Waals surface area contributed by atoms with Crippen LogP contribution >= 0.6 is 0 Å². The molecular weight excluding hydrogens is 310 g/mol. The van der Waals surface area contributed by atoms with Crippen molar-refractivity contribution in [3.8, 4) is 0 Å². The van der Waals surface area contributed by atoms with Crippen molar-refractivity contribution < 1.29 is 14.4 Å². The number of hydrogen-bond donors (Lipinski definition) is 1. The Kier molecular flexibility index (Phi) is 3.30. The summed E-state index contributed by atoms with van der Waals surface area (Å²) in [6.45, 7) is 1.90. The lowest BCUT2D eigenvalue weighted by Gasteiger charge is -2.28. The zero-order valence-electron chi connectivity index (χ0n) is 12.8. The van der Waals surface area contributed by atoms with E-state index in [2.05, 4.69) is 10.3 Å². The highest BCUT2D eigenvalue weighted by Crippen LogP contribution is 2.20. The van der Waals surface area contributed by atoms with Crippen LogP contribution in [0.3, 0.4) is 0 Å². The first-order valence-corrected chi connectivity index (χ1v) is 7.61. The molecule has 2 aliphatic heterocycles. The first-order chi connectivity index (χ1) is 11.6. The van der Waals surface area contributed by atoms with Crippen LogP contribution in [-0.4, -0.2) is 45.4 Å². The third-order valence-corrected chi connectivity index (χ3v) is 4.27. The number of nitrogens with one attached hydrogen (secondary N) is 1. The molecule has 1 N–H and O–H groups in total. The van der Waals surface area contributed by atoms with Crippen LogP contribution < -0.4 is 10.2 Å². The molecule has 4 amide bonds. The molecule has 8 heteroatoms. The number of carbonyl (C=O) groups excluding carboxylic acids is 3. The van der Waals surface area contributed by atoms with Crippen molar-refractivity contribution in [3.63, 3.8) is 0 Å². The fourth-order valence-electron chi connectivity index (χ4n) is 2.97. The van der Waals surface area contributed by atoms with Crippen molar-refractivity contribution in [1.29, 1.82) is 0 Å². The Hall–Kier alpha value is -3.16. The Balaban J connectivity index is 1.50. The lowest BCUT2D eigenvalue weighted by molar-refractivity contribution is -0.117. The second kappa shape index (κ2) is 5.48. The highest BCUT2D eigenvalue weighted by atomic mass is 16.2. The number of hydrogen-bond acceptors (Lipinski definition) is 4. The van der Waals surface area contributed by atoms with Gasteiger partial charge in [0.15, 0.2) is 0 Å². The van der Waals surface area contributed by atoms with Gasteiger partial charge in [0.05, 0.1) is 18.6 Å². The lowest BCUT2D eigenvalue weighted by atomic mass is 10.1. The Morgan fingerprint density at radius 3 is 2.58 bits per heavy atom. The van der Waals surface area contributed by atoms with E-state index >= 15 is 0 Å². The van der Waals surface area contributed by atoms with Crippen LogP contribution in [-0.2, 0) is 17.9 Å². The second-order valence-corrected chi connectivity index (χ2v) is 5.79. The number of fused-ring (bicyclic) bond motifs is 1. The number of carbonyl (C=O) groups is 3. The first kappa shape index (κ1) is 14.4. The quantitative estimate of drug-likeness (QED) is 0.819. The van der Waals surface area contributed by atoms with Gasteiger partial charge in [0.25, 0.3) is 5.91 Å². The SMILES string of the molecule is O=C1CN(c2ccc(C(=O)N3CCn4cncc4C3)cc2)C(=O)N1. The van der Waals surface area contributed by atoms with Gasteiger partial charge in [-0.2, -0.15) is 0 Å². The van der Waals surface area contributed by atoms with Crippen LogP contribution in [0.4, 0.5) is 10.5 Å². The van der Waals surface area contributed by atoms with Gasteiger partial charge in [-0.1, -0.05) is 0 Å². The van der Waals surface area contributed by atoms with Crippen molar-refractivity contribution in [2.75, 3.05) is 18.0 Å². The molecule has 1 fully saturated rings. The van der Waals surface area contributed by atoms with E-state index in [1.54, 1.807) is 41.7 Å². The molecule has 24 heavy (non-hydrogen) atoms. The smallest absolute Gasteiger partial charge is 0.329 e. The molecule has 2 aromatic rings. The van der Waals surface area contributed by atoms with Crippen LogP contribution in [0.5, 0.6) is 0 Å². The minimum absolute atomic E-state index is 0.00222. The number of imide groups is 1. The molecule has 4 rings (SSSR count). The topological polar surface area (TPSA) is 87.5 Å². The average Bonchev–Trinajstić information content (AvgIpc) is 3.19. The monoisotopic (exact) mass is 325 g/mol. The van der Waals surface area contributed by atoms with Crippen molar-refractivity contribution in [3.05, 3.63) is 48.0 Å². The molecule has 1 aromatic carbocycles. The summed E-state index contributed by atoms with van der Waals surface area (Å²) in [6, 6.07) is 6.28. The number of anilines is 1. The van der Waals surface area contributed by atoms with E-state index in [4.69, 9.17) is 0 Å². The predicted octanol–water partition coefficient (Wildman–Crippen LogP) is 0.595. The maximum atomic E-state index is 12.6. The molecule has 3 heterocycles. The summed E-state index contributed by atoms with van der Waals surface area (Å²) in [5.41, 5.74) is 2.16. The van der Waals surface area contributed by atoms with E-state index < -0.39 is 6.03 Å². The van der Waals surface area contributed by atoms with Gasteiger partial charge in [-0.15, -0.1) is 0 Å². The molecular formula is C16H15N5O3. The van der Waals surface area contributed by atoms with Crippen LogP contribution in [0.1, 0.15) is 16.1 Å². The Labute approximate surface area is 137 Å². The predicted molar refractivity (Wildman–Crippen MR) is 84.3 cm³/mol. The third-order valence-electron chi connectivity index (χ3n) is 4.27. The van der Waals surface area contributed by atoms with Gasteiger partial charge in [0.2, 0.25) is 5.91 Å². The molecule has 122 valence electrons. The Morgan fingerprint density at radius 1 is 1.08 bits per heavy atom. The molecule has 0 spiro atoms. The van der Waals surface area contributed by atoms with Crippen molar-refractivity contribution >= 4 is 23.5 Å². The van der Waals surface area contributed by atoms with Gasteiger partial charge >= 0.3 is 6.03 Å². The van der Waals surface area contributed by atoms with Gasteiger partial charge in [0.1, 0.15) is 6.54 Å². The summed E-state index contributed by atoms with van der Waals surface area (Å²) < 4.78 is 2.04. The third kappa shape index (κ3) is 2.41. The number of rotatable bonds is 2. The van der Waals surface area contributed by atoms with E-state index in [1.165, 1.54) is 4.90 Å². The molecule has 1 aromatic heterocycles. The van der Waals surface area contributed by atoms with Crippen LogP contribution in [0, 0.1) is 0 Å². The summed E-state index contributed by atoms with van der Waals surface area (Å²) in [5.74, 6) is -0.388. The highest BCUT2D eigenvalue weighted by Gasteiger charge is 2.28. The Morgan fingerprint density at radius 2 is 1.88 bits per heavy atom. The molecule has 0 saturated carbocycles. The van der Waals surface area contributed by atoms with E-state index in [9.17, 15) is 14.4 Å². The van der Waals surface area contributed by atoms with Crippen LogP contribution in [0.15, 0.2) is 36.8 Å². The van der Waals surface area contributed by atoms with E-state index in [-0.39, 0.29) is 18.4 Å². The Bertz CT molecular complexity index is 826. The molecule has 1 saturated heterocycles. The van der Waals surface area contributed by atoms with Crippen molar-refractivity contribution in [2.24, 2.45) is 0 Å². The highest BCUT2D eigenvalue weighted by molar-refractivity contribution is 6.12. The molecule has 2 aliphatic rings. The minimum atomic E-state index is -0.441. The molecule has 0 bridgehead atoms. The van der Waals surface area contributed by atoms with Crippen LogP contribution in [0.25, 0.3) is 0 Å². The molecule has 0 atom stereocenters. The normalized spacial score (nSPS) is 17.0. The van der Waals surface area contributed by atoms with Crippen LogP contribution in [0.2, 0.25) is 0 Å². The molecule has 8 nitrogen and oxygen atoms in total. The number of amides is 4. The molecule has 0 unspecified atom stereocenters. The molecule has 0 radical (unpaired) electrons. The maximum absolute atomic E-state index is 12.6. The number of imidazole rings is 1. The zero-order chi connectivity index (χ0) is 16.7. The van der Waals surface area contributed by atoms with Gasteiger partial charge in [-0.3, -0.25) is 19.8 Å². The zero-order valence-corrected chi connectivity index (χ0v) is 12.8. The lowest BCUT2D eigenvalue weighted by Crippen LogP contribution is -2.37. The first-order valence-electron chi connectivity index (χ1n) is 7.61. The summed E-state index contributed by atoms with van der Waals surface area (Å²) >= 11 is 0. The number of aromatic nitrogens is 2. The van der Waals surface area contributed by atoms with Gasteiger partial charge in [-0.05, 0) is 24.3 Å². The number of urea groups is 1. The van der Waals surface area contributed by atoms with Gasteiger partial charge < -0.3 is 9.47 Å². The summed E-state index contributed by atoms with van der Waals surface area (Å²) in [7, 11) is 0. The summed E-state index contributed by atoms with van der Waals surface area (Å²) in [4.78, 5) is 42.8. The van der Waals surface area contributed by atoms with E-state index in [0.717, 1.165) is 12.2 Å². The second-order valence-electron chi connectivity index (χ2n) is 5.79. The fraction of sp³-hybridized carbons (Fsp3) is 0.250. The van der Waals surface area contributed by atoms with Gasteiger partial charge in [0, 0.05) is 30.5 Å². The summed E-state index contributed by atoms with van der Waals surface area (Å²) in [6.07, 6.45) is 3.54. The van der Waals surface area contributed by atoms with Crippen molar-refractivity contribution in [2.45, 2.75) is 13.1 Å². The largest absolute Gasteiger partial charge is 0.331 e. The van der Waals surface area contributed by atoms with E-state index in [0.29, 0.717) is 24.3 Å². The summed E-state index contributed by atoms with van der Waals surface area (Å²) in [5, 5.41) is 2.23. The standard InChI is InChI=1S/C16H15N5O3/c22-14-9-21(16(24)18-14)12-3-1-11(2-4-12)15(23)19-5-6-20-10-17-7-13(20)8-19/h1-4,7,10H,5-6,8-9H2,(H,18,22,24). The fourth-order valence-corrected chi connectivity index (χ4v) is 2.97. The van der Waals surface area contributed by atoms with Gasteiger partial charge in [-0.25, -0.2) is 9.78 Å². The number of nitrogens with zero attached hydrogens (tertiary/aromatic N) is 4. The number of benzene rings is 1. The van der Waals surface area contributed by atoms with E-state index in [1.807, 2.05) is 4.57 Å². The molecule has 0 aliphatic carbocycles. The van der Waals surface area contributed by atoms with Crippen molar-refractivity contribution in [1.82, 2.24) is 19.8 Å².